The van der Waals surface area contributed by atoms with E-state index in [0.717, 1.165) is 18.4 Å². The van der Waals surface area contributed by atoms with Crippen LogP contribution in [-0.4, -0.2) is 39.1 Å². The zero-order valence-corrected chi connectivity index (χ0v) is 12.4. The van der Waals surface area contributed by atoms with Gasteiger partial charge in [0, 0.05) is 11.4 Å². The standard InChI is InChI=1S/C15H18N2O3S/c16-11-5-1-9(2-6-11)7-13(18)17-12(15(19)20)8-21-14(17)10-3-4-10/h1-2,5-6,10,12,14H,3-4,7-8,16H2,(H,19,20). The van der Waals surface area contributed by atoms with Crippen molar-refractivity contribution in [1.82, 2.24) is 4.90 Å². The molecule has 1 aromatic carbocycles. The molecule has 0 spiro atoms. The topological polar surface area (TPSA) is 83.6 Å². The predicted molar refractivity (Wildman–Crippen MR) is 81.8 cm³/mol. The summed E-state index contributed by atoms with van der Waals surface area (Å²) < 4.78 is 0. The summed E-state index contributed by atoms with van der Waals surface area (Å²) in [5, 5.41) is 9.37. The largest absolute Gasteiger partial charge is 0.480 e. The Morgan fingerprint density at radius 1 is 1.29 bits per heavy atom. The first-order valence-corrected chi connectivity index (χ1v) is 8.11. The van der Waals surface area contributed by atoms with E-state index in [1.165, 1.54) is 0 Å². The van der Waals surface area contributed by atoms with Crippen LogP contribution in [0.4, 0.5) is 5.69 Å². The summed E-state index contributed by atoms with van der Waals surface area (Å²) in [6, 6.07) is 6.46. The highest BCUT2D eigenvalue weighted by Gasteiger charge is 2.47. The lowest BCUT2D eigenvalue weighted by atomic mass is 10.1. The second kappa shape index (κ2) is 5.60. The summed E-state index contributed by atoms with van der Waals surface area (Å²) in [6.45, 7) is 0. The molecule has 6 heteroatoms. The van der Waals surface area contributed by atoms with Crippen molar-refractivity contribution in [2.75, 3.05) is 11.5 Å². The van der Waals surface area contributed by atoms with E-state index in [2.05, 4.69) is 0 Å². The molecule has 1 aromatic rings. The first kappa shape index (κ1) is 14.3. The van der Waals surface area contributed by atoms with Gasteiger partial charge in [0.05, 0.1) is 11.8 Å². The second-order valence-corrected chi connectivity index (χ2v) is 6.78. The van der Waals surface area contributed by atoms with Gasteiger partial charge in [0.15, 0.2) is 0 Å². The molecular weight excluding hydrogens is 288 g/mol. The number of carboxylic acids is 1. The van der Waals surface area contributed by atoms with Gasteiger partial charge in [0.1, 0.15) is 6.04 Å². The number of nitrogens with zero attached hydrogens (tertiary/aromatic N) is 1. The molecule has 2 atom stereocenters. The van der Waals surface area contributed by atoms with Gasteiger partial charge in [-0.1, -0.05) is 12.1 Å². The number of carbonyl (C=O) groups is 2. The van der Waals surface area contributed by atoms with Gasteiger partial charge in [-0.2, -0.15) is 0 Å². The van der Waals surface area contributed by atoms with Crippen LogP contribution in [0.15, 0.2) is 24.3 Å². The molecule has 1 saturated heterocycles. The van der Waals surface area contributed by atoms with Crippen molar-refractivity contribution in [2.24, 2.45) is 5.92 Å². The highest BCUT2D eigenvalue weighted by Crippen LogP contribution is 2.45. The van der Waals surface area contributed by atoms with E-state index >= 15 is 0 Å². The Balaban J connectivity index is 1.76. The summed E-state index contributed by atoms with van der Waals surface area (Å²) in [5.41, 5.74) is 7.16. The van der Waals surface area contributed by atoms with Crippen LogP contribution in [0.5, 0.6) is 0 Å². The summed E-state index contributed by atoms with van der Waals surface area (Å²) in [7, 11) is 0. The molecule has 1 heterocycles. The molecule has 5 nitrogen and oxygen atoms in total. The highest BCUT2D eigenvalue weighted by atomic mass is 32.2. The Hall–Kier alpha value is -1.69. The highest BCUT2D eigenvalue weighted by molar-refractivity contribution is 8.00. The molecule has 2 aliphatic rings. The van der Waals surface area contributed by atoms with Crippen LogP contribution in [-0.2, 0) is 16.0 Å². The van der Waals surface area contributed by atoms with Gasteiger partial charge in [-0.3, -0.25) is 4.79 Å². The molecule has 1 aliphatic carbocycles. The number of thioether (sulfide) groups is 1. The van der Waals surface area contributed by atoms with E-state index in [1.807, 2.05) is 12.1 Å². The maximum Gasteiger partial charge on any atom is 0.327 e. The summed E-state index contributed by atoms with van der Waals surface area (Å²) in [6.07, 6.45) is 2.42. The lowest BCUT2D eigenvalue weighted by Gasteiger charge is -2.27. The fraction of sp³-hybridized carbons (Fsp3) is 0.467. The third-order valence-electron chi connectivity index (χ3n) is 3.97. The molecule has 1 amide bonds. The van der Waals surface area contributed by atoms with Gasteiger partial charge in [0.2, 0.25) is 5.91 Å². The summed E-state index contributed by atoms with van der Waals surface area (Å²) >= 11 is 1.60. The Kier molecular flexibility index (Phi) is 3.80. The van der Waals surface area contributed by atoms with E-state index < -0.39 is 12.0 Å². The molecule has 21 heavy (non-hydrogen) atoms. The minimum Gasteiger partial charge on any atom is -0.480 e. The van der Waals surface area contributed by atoms with Crippen LogP contribution in [0, 0.1) is 5.92 Å². The fourth-order valence-corrected chi connectivity index (χ4v) is 4.33. The number of nitrogens with two attached hydrogens (primary N) is 1. The smallest absolute Gasteiger partial charge is 0.327 e. The summed E-state index contributed by atoms with van der Waals surface area (Å²) in [5.74, 6) is -0.0515. The lowest BCUT2D eigenvalue weighted by molar-refractivity contribution is -0.149. The molecule has 0 radical (unpaired) electrons. The minimum atomic E-state index is -0.906. The zero-order valence-electron chi connectivity index (χ0n) is 11.6. The van der Waals surface area contributed by atoms with E-state index in [0.29, 0.717) is 17.4 Å². The Morgan fingerprint density at radius 3 is 2.52 bits per heavy atom. The van der Waals surface area contributed by atoms with Crippen molar-refractivity contribution in [2.45, 2.75) is 30.7 Å². The third-order valence-corrected chi connectivity index (χ3v) is 5.43. The van der Waals surface area contributed by atoms with Gasteiger partial charge < -0.3 is 15.7 Å². The molecule has 112 valence electrons. The van der Waals surface area contributed by atoms with Gasteiger partial charge >= 0.3 is 5.97 Å². The number of anilines is 1. The number of benzene rings is 1. The van der Waals surface area contributed by atoms with Crippen LogP contribution < -0.4 is 5.73 Å². The molecular formula is C15H18N2O3S. The minimum absolute atomic E-state index is 0.0346. The molecule has 3 rings (SSSR count). The predicted octanol–water partition coefficient (Wildman–Crippen LogP) is 1.58. The zero-order chi connectivity index (χ0) is 15.0. The van der Waals surface area contributed by atoms with Gasteiger partial charge in [0.25, 0.3) is 0 Å². The average Bonchev–Trinajstić information content (AvgIpc) is 3.19. The van der Waals surface area contributed by atoms with Gasteiger partial charge in [-0.05, 0) is 36.5 Å². The van der Waals surface area contributed by atoms with Gasteiger partial charge in [-0.25, -0.2) is 4.79 Å². The van der Waals surface area contributed by atoms with E-state index in [9.17, 15) is 14.7 Å². The number of amides is 1. The van der Waals surface area contributed by atoms with Crippen LogP contribution >= 0.6 is 11.8 Å². The average molecular weight is 306 g/mol. The normalized spacial score (nSPS) is 25.0. The Labute approximate surface area is 127 Å². The second-order valence-electron chi connectivity index (χ2n) is 5.63. The Bertz CT molecular complexity index is 557. The maximum atomic E-state index is 12.6. The lowest BCUT2D eigenvalue weighted by Crippen LogP contribution is -2.46. The van der Waals surface area contributed by atoms with Crippen LogP contribution in [0.3, 0.4) is 0 Å². The fourth-order valence-electron chi connectivity index (χ4n) is 2.68. The third kappa shape index (κ3) is 3.00. The number of rotatable bonds is 4. The molecule has 0 bridgehead atoms. The van der Waals surface area contributed by atoms with E-state index in [-0.39, 0.29) is 17.7 Å². The molecule has 2 unspecified atom stereocenters. The van der Waals surface area contributed by atoms with Crippen molar-refractivity contribution in [1.29, 1.82) is 0 Å². The van der Waals surface area contributed by atoms with Crippen molar-refractivity contribution in [3.05, 3.63) is 29.8 Å². The number of nitrogen functional groups attached to an aromatic ring is 1. The Morgan fingerprint density at radius 2 is 1.95 bits per heavy atom. The van der Waals surface area contributed by atoms with Crippen molar-refractivity contribution in [3.63, 3.8) is 0 Å². The first-order valence-electron chi connectivity index (χ1n) is 7.06. The molecule has 3 N–H and O–H groups in total. The molecule has 2 fully saturated rings. The van der Waals surface area contributed by atoms with Crippen LogP contribution in [0.2, 0.25) is 0 Å². The summed E-state index contributed by atoms with van der Waals surface area (Å²) in [4.78, 5) is 25.6. The van der Waals surface area contributed by atoms with Crippen LogP contribution in [0.25, 0.3) is 0 Å². The van der Waals surface area contributed by atoms with E-state index in [4.69, 9.17) is 5.73 Å². The molecule has 0 aromatic heterocycles. The number of carbonyl (C=O) groups excluding carboxylic acids is 1. The monoisotopic (exact) mass is 306 g/mol. The van der Waals surface area contributed by atoms with Crippen molar-refractivity contribution >= 4 is 29.3 Å². The van der Waals surface area contributed by atoms with E-state index in [1.54, 1.807) is 28.8 Å². The van der Waals surface area contributed by atoms with Crippen LogP contribution in [0.1, 0.15) is 18.4 Å². The SMILES string of the molecule is Nc1ccc(CC(=O)N2C(C(=O)O)CSC2C2CC2)cc1. The van der Waals surface area contributed by atoms with Crippen molar-refractivity contribution in [3.8, 4) is 0 Å². The van der Waals surface area contributed by atoms with Crippen molar-refractivity contribution < 1.29 is 14.7 Å². The number of carboxylic acid groups (broad SMARTS) is 1. The number of hydrogen-bond donors (Lipinski definition) is 2. The first-order chi connectivity index (χ1) is 10.1. The molecule has 1 aliphatic heterocycles. The quantitative estimate of drug-likeness (QED) is 0.825. The molecule has 1 saturated carbocycles. The maximum absolute atomic E-state index is 12.6. The number of aliphatic carboxylic acids is 1. The number of hydrogen-bond acceptors (Lipinski definition) is 4. The van der Waals surface area contributed by atoms with Gasteiger partial charge in [-0.15, -0.1) is 11.8 Å².